The average molecular weight is 1870 g/mol. The van der Waals surface area contributed by atoms with E-state index in [2.05, 4.69) is 551 Å². The van der Waals surface area contributed by atoms with E-state index >= 15 is 0 Å². The molecule has 0 nitrogen and oxygen atoms in total. The minimum Gasteiger partial charge on any atom is -0.0619 e. The lowest BCUT2D eigenvalue weighted by atomic mass is 9.78. The molecule has 0 atom stereocenters. The molecule has 147 heavy (non-hydrogen) atoms. The van der Waals surface area contributed by atoms with E-state index in [1.54, 1.807) is 0 Å². The van der Waals surface area contributed by atoms with Crippen molar-refractivity contribution in [3.8, 4) is 134 Å². The van der Waals surface area contributed by atoms with Gasteiger partial charge in [-0.2, -0.15) is 0 Å². The second kappa shape index (κ2) is 34.1. The molecule has 0 fully saturated rings. The van der Waals surface area contributed by atoms with Gasteiger partial charge in [0.25, 0.3) is 0 Å². The Bertz CT molecular complexity index is 9930. The Kier molecular flexibility index (Phi) is 20.2. The van der Waals surface area contributed by atoms with Crippen LogP contribution in [0.2, 0.25) is 0 Å². The second-order valence-corrected chi connectivity index (χ2v) is 42.4. The molecule has 3 aliphatic rings. The van der Waals surface area contributed by atoms with E-state index in [0.29, 0.717) is 0 Å². The third-order valence-electron chi connectivity index (χ3n) is 33.0. The highest BCUT2D eigenvalue weighted by molar-refractivity contribution is 6.29. The van der Waals surface area contributed by atoms with Gasteiger partial charge in [-0.25, -0.2) is 0 Å². The summed E-state index contributed by atoms with van der Waals surface area (Å²) in [6.45, 7) is 14.2. The summed E-state index contributed by atoms with van der Waals surface area (Å²) >= 11 is 0. The molecular weight excluding hydrogens is 1770 g/mol. The van der Waals surface area contributed by atoms with Crippen LogP contribution in [0.3, 0.4) is 0 Å². The normalized spacial score (nSPS) is 13.3. The van der Waals surface area contributed by atoms with Gasteiger partial charge in [0.2, 0.25) is 0 Å². The van der Waals surface area contributed by atoms with Gasteiger partial charge >= 0.3 is 0 Å². The van der Waals surface area contributed by atoms with E-state index in [1.165, 1.54) is 296 Å². The summed E-state index contributed by atoms with van der Waals surface area (Å²) in [6, 6.07) is 190. The Labute approximate surface area is 857 Å². The first-order valence-electron chi connectivity index (χ1n) is 51.8. The third kappa shape index (κ3) is 14.3. The highest BCUT2D eigenvalue weighted by Crippen LogP contribution is 2.57. The number of hydrogen-bond acceptors (Lipinski definition) is 0. The van der Waals surface area contributed by atoms with Crippen molar-refractivity contribution in [2.45, 2.75) is 57.8 Å². The Morgan fingerprint density at radius 1 is 0.102 bits per heavy atom. The zero-order valence-corrected chi connectivity index (χ0v) is 83.0. The van der Waals surface area contributed by atoms with Crippen LogP contribution in [-0.4, -0.2) is 0 Å². The Hall–Kier alpha value is -17.9. The van der Waals surface area contributed by atoms with Gasteiger partial charge in [0, 0.05) is 16.2 Å². The third-order valence-corrected chi connectivity index (χ3v) is 33.0. The van der Waals surface area contributed by atoms with Gasteiger partial charge in [0.05, 0.1) is 0 Å². The summed E-state index contributed by atoms with van der Waals surface area (Å²) in [5.74, 6) is 0. The molecule has 27 aromatic rings. The molecule has 0 spiro atoms. The molecule has 0 unspecified atom stereocenters. The second-order valence-electron chi connectivity index (χ2n) is 42.4. The van der Waals surface area contributed by atoms with E-state index in [1.807, 2.05) is 0 Å². The molecule has 30 rings (SSSR count). The lowest BCUT2D eigenvalue weighted by molar-refractivity contribution is 0.660. The Morgan fingerprint density at radius 2 is 0.299 bits per heavy atom. The summed E-state index contributed by atoms with van der Waals surface area (Å²) in [7, 11) is 0. The van der Waals surface area contributed by atoms with Gasteiger partial charge < -0.3 is 0 Å². The Morgan fingerprint density at radius 3 is 0.639 bits per heavy atom. The molecule has 0 saturated carbocycles. The zero-order valence-electron chi connectivity index (χ0n) is 83.0. The van der Waals surface area contributed by atoms with Crippen LogP contribution in [-0.2, 0) is 16.2 Å². The van der Waals surface area contributed by atoms with Crippen molar-refractivity contribution >= 4 is 129 Å². The fourth-order valence-electron chi connectivity index (χ4n) is 25.7. The SMILES string of the molecule is CC1(C)c2ccccc2-c2ccc(-c3cccc(-c4ccc5c6ccccc6c6ccccc6c5c4)c3)cc21.CC1(C)c2ccccc2-c2cccc(-c3cccc(-c4ccc5c6ccc(-c7cccc(-c8cccc9c8C(C)(C)c8ccccc8-9)c7)cc6c6ccccc6c5c4)c3)c21.c1ccc2cc(-c3ccc4cc(-c5ccc6c7ccc(-c8ccc9ccccc9c8)cc7c7ccccc7c6c5)ccc4c3)ccc2c1. The van der Waals surface area contributed by atoms with E-state index in [0.717, 1.165) is 0 Å². The minimum absolute atomic E-state index is 0.00171. The summed E-state index contributed by atoms with van der Waals surface area (Å²) in [6.07, 6.45) is 0. The van der Waals surface area contributed by atoms with E-state index in [-0.39, 0.29) is 16.2 Å². The number of fused-ring (bicyclic) bond motifs is 30. The van der Waals surface area contributed by atoms with E-state index in [4.69, 9.17) is 0 Å². The van der Waals surface area contributed by atoms with Gasteiger partial charge in [0.1, 0.15) is 0 Å². The van der Waals surface area contributed by atoms with Gasteiger partial charge in [-0.1, -0.05) is 472 Å². The molecule has 27 aromatic carbocycles. The van der Waals surface area contributed by atoms with Crippen molar-refractivity contribution in [1.82, 2.24) is 0 Å². The minimum atomic E-state index is -0.0730. The van der Waals surface area contributed by atoms with Crippen molar-refractivity contribution in [3.63, 3.8) is 0 Å². The van der Waals surface area contributed by atoms with Gasteiger partial charge in [-0.3, -0.25) is 0 Å². The quantitative estimate of drug-likeness (QED) is 0.126. The van der Waals surface area contributed by atoms with Crippen LogP contribution in [0.5, 0.6) is 0 Å². The van der Waals surface area contributed by atoms with Crippen LogP contribution in [0, 0.1) is 0 Å². The molecular formula is C147H102. The predicted molar refractivity (Wildman–Crippen MR) is 631 cm³/mol. The molecule has 3 aliphatic carbocycles. The van der Waals surface area contributed by atoms with Gasteiger partial charge in [0.15, 0.2) is 0 Å². The summed E-state index contributed by atoms with van der Waals surface area (Å²) in [5.41, 5.74) is 39.1. The average Bonchev–Trinajstić information content (AvgIpc) is 1.25. The molecule has 0 amide bonds. The summed E-state index contributed by atoms with van der Waals surface area (Å²) in [5, 5.41) is 30.9. The lowest BCUT2D eigenvalue weighted by Gasteiger charge is -2.24. The topological polar surface area (TPSA) is 0 Å². The maximum atomic E-state index is 2.42. The van der Waals surface area contributed by atoms with Gasteiger partial charge in [-0.05, 0) is 375 Å². The molecule has 0 heterocycles. The predicted octanol–water partition coefficient (Wildman–Crippen LogP) is 40.8. The first-order valence-corrected chi connectivity index (χ1v) is 51.8. The van der Waals surface area contributed by atoms with Crippen LogP contribution in [0.15, 0.2) is 510 Å². The van der Waals surface area contributed by atoms with Crippen molar-refractivity contribution in [2.24, 2.45) is 0 Å². The first kappa shape index (κ1) is 86.9. The molecule has 690 valence electrons. The largest absolute Gasteiger partial charge is 0.0619 e. The lowest BCUT2D eigenvalue weighted by Crippen LogP contribution is -2.16. The molecule has 0 heteroatoms. The van der Waals surface area contributed by atoms with Crippen LogP contribution in [0.25, 0.3) is 263 Å². The fourth-order valence-corrected chi connectivity index (χ4v) is 25.7. The highest BCUT2D eigenvalue weighted by Gasteiger charge is 2.40. The number of rotatable bonds is 9. The number of hydrogen-bond donors (Lipinski definition) is 0. The zero-order chi connectivity index (χ0) is 98.1. The molecule has 0 bridgehead atoms. The fraction of sp³-hybridized carbons (Fsp3) is 0.0612. The van der Waals surface area contributed by atoms with Crippen LogP contribution in [0.4, 0.5) is 0 Å². The van der Waals surface area contributed by atoms with E-state index in [9.17, 15) is 0 Å². The molecule has 0 aliphatic heterocycles. The molecule has 0 aromatic heterocycles. The Balaban J connectivity index is 0.000000109. The molecule has 0 radical (unpaired) electrons. The van der Waals surface area contributed by atoms with Crippen LogP contribution < -0.4 is 0 Å². The molecule has 0 N–H and O–H groups in total. The molecule has 0 saturated heterocycles. The summed E-state index contributed by atoms with van der Waals surface area (Å²) in [4.78, 5) is 0. The smallest absolute Gasteiger partial charge is 0.0165 e. The van der Waals surface area contributed by atoms with Crippen molar-refractivity contribution < 1.29 is 0 Å². The maximum absolute atomic E-state index is 2.42. The van der Waals surface area contributed by atoms with Crippen molar-refractivity contribution in [3.05, 3.63) is 543 Å². The van der Waals surface area contributed by atoms with Crippen LogP contribution in [0.1, 0.15) is 74.9 Å². The highest BCUT2D eigenvalue weighted by atomic mass is 14.4. The maximum Gasteiger partial charge on any atom is 0.0165 e. The van der Waals surface area contributed by atoms with Gasteiger partial charge in [-0.15, -0.1) is 0 Å². The van der Waals surface area contributed by atoms with Crippen molar-refractivity contribution in [2.75, 3.05) is 0 Å². The van der Waals surface area contributed by atoms with Crippen LogP contribution >= 0.6 is 0 Å². The standard InChI is InChI=1S/C60H44.C48H30.C39H28/c1-59(2)55-27-9-7-21-49(55)51-25-13-23-43(57(51)59)41-17-11-15-37(33-41)39-29-31-47-48-32-30-40(36-54(48)46-20-6-5-19-45(46)53(47)35-39)38-16-12-18-42(34-38)44-24-14-26-52-50-22-8-10-28-56(50)60(3,4)58(44)52;1-3-9-33-25-35(15-13-31(33)7-1)36-17-18-38-28-40(20-19-37(38)27-36)42-22-24-46-45-23-21-41(39-16-14-32-8-2-4-10-34(32)26-39)29-47(45)43-11-5-6-12-44(43)48(46)30-42;1-39(2)37-17-8-7-16-34(37)35-21-19-28(24-38(35)39)26-11-9-10-25(22-26)27-18-20-33-31-14-4-3-12-29(31)30-13-5-6-15-32(30)36(33)23-27/h5-36H,1-4H3;1-30H;3-24H,1-2H3. The number of benzene rings is 27. The first-order chi connectivity index (χ1) is 72.1. The van der Waals surface area contributed by atoms with Crippen molar-refractivity contribution in [1.29, 1.82) is 0 Å². The van der Waals surface area contributed by atoms with E-state index < -0.39 is 0 Å². The summed E-state index contributed by atoms with van der Waals surface area (Å²) < 4.78 is 0. The monoisotopic (exact) mass is 1870 g/mol.